The van der Waals surface area contributed by atoms with Crippen molar-refractivity contribution in [2.24, 2.45) is 40.6 Å². The smallest absolute Gasteiger partial charge is 0.341 e. The number of aliphatic hydroxyl groups excluding tert-OH is 1. The summed E-state index contributed by atoms with van der Waals surface area (Å²) in [4.78, 5) is 26.8. The lowest BCUT2D eigenvalue weighted by Gasteiger charge is -2.53. The Balaban J connectivity index is 1.01. The van der Waals surface area contributed by atoms with Gasteiger partial charge in [0, 0.05) is 24.8 Å². The Hall–Kier alpha value is -1.18. The summed E-state index contributed by atoms with van der Waals surface area (Å²) in [5.41, 5.74) is 11.3. The first-order valence-corrected chi connectivity index (χ1v) is 18.2. The lowest BCUT2D eigenvalue weighted by atomic mass is 9.63. The number of Topliss-reactive ketones (excluding diaryl/α,β-unsaturated/α-hetero) is 1. The summed E-state index contributed by atoms with van der Waals surface area (Å²) in [5.74, 6) is -0.170. The largest absolute Gasteiger partial charge is 0.457 e. The molecular formula is C35H58N4O7. The molecule has 11 nitrogen and oxygen atoms in total. The van der Waals surface area contributed by atoms with Gasteiger partial charge in [-0.05, 0) is 103 Å². The molecule has 0 aromatic carbocycles. The average Bonchev–Trinajstić information content (AvgIpc) is 3.39. The van der Waals surface area contributed by atoms with E-state index in [1.165, 1.54) is 12.8 Å². The monoisotopic (exact) mass is 646 g/mol. The minimum absolute atomic E-state index is 0.0366. The first-order valence-electron chi connectivity index (χ1n) is 18.2. The number of hydrogen-bond acceptors (Lipinski definition) is 11. The maximum Gasteiger partial charge on any atom is 0.341 e. The summed E-state index contributed by atoms with van der Waals surface area (Å²) in [7, 11) is 0. The van der Waals surface area contributed by atoms with Gasteiger partial charge in [-0.2, -0.15) is 0 Å². The molecule has 11 heteroatoms. The molecule has 0 spiro atoms. The van der Waals surface area contributed by atoms with Gasteiger partial charge in [0.15, 0.2) is 5.60 Å². The first-order chi connectivity index (χ1) is 21.8. The normalized spacial score (nSPS) is 49.9. The van der Waals surface area contributed by atoms with Crippen molar-refractivity contribution in [3.8, 4) is 0 Å². The van der Waals surface area contributed by atoms with Gasteiger partial charge in [0.25, 0.3) is 0 Å². The molecule has 5 saturated heterocycles. The summed E-state index contributed by atoms with van der Waals surface area (Å²) < 4.78 is 25.1. The fourth-order valence-corrected chi connectivity index (χ4v) is 10.6. The number of epoxide rings is 1. The third-order valence-electron chi connectivity index (χ3n) is 13.3. The number of ether oxygens (including phenoxy) is 4. The van der Waals surface area contributed by atoms with E-state index >= 15 is 0 Å². The van der Waals surface area contributed by atoms with Crippen LogP contribution < -0.4 is 22.1 Å². The molecule has 0 radical (unpaired) electrons. The number of piperidine rings is 2. The Labute approximate surface area is 273 Å². The predicted octanol–water partition coefficient (Wildman–Crippen LogP) is 2.25. The fourth-order valence-electron chi connectivity index (χ4n) is 10.6. The number of rotatable bonds is 6. The van der Waals surface area contributed by atoms with Crippen LogP contribution in [0.25, 0.3) is 0 Å². The molecule has 2 aliphatic carbocycles. The van der Waals surface area contributed by atoms with Gasteiger partial charge in [0.05, 0.1) is 54.4 Å². The molecule has 14 atom stereocenters. The Morgan fingerprint density at radius 3 is 2.52 bits per heavy atom. The number of fused-ring (bicyclic) bond motifs is 2. The second-order valence-electron chi connectivity index (χ2n) is 16.8. The van der Waals surface area contributed by atoms with Crippen LogP contribution >= 0.6 is 0 Å². The number of carbonyl (C=O) groups excluding carboxylic acids is 2. The van der Waals surface area contributed by atoms with E-state index < -0.39 is 29.3 Å². The minimum Gasteiger partial charge on any atom is -0.457 e. The molecule has 7 N–H and O–H groups in total. The van der Waals surface area contributed by atoms with Crippen molar-refractivity contribution in [3.63, 3.8) is 0 Å². The number of carbonyl (C=O) groups is 2. The third kappa shape index (κ3) is 6.10. The van der Waals surface area contributed by atoms with Crippen LogP contribution in [0.3, 0.4) is 0 Å². The summed E-state index contributed by atoms with van der Waals surface area (Å²) in [5, 5.41) is 18.5. The molecule has 5 heterocycles. The average molecular weight is 647 g/mol. The van der Waals surface area contributed by atoms with Crippen LogP contribution in [0.1, 0.15) is 105 Å². The Morgan fingerprint density at radius 1 is 1.02 bits per heavy atom. The van der Waals surface area contributed by atoms with E-state index in [1.54, 1.807) is 0 Å². The van der Waals surface area contributed by atoms with Gasteiger partial charge in [-0.25, -0.2) is 4.79 Å². The molecule has 0 aromatic heterocycles. The molecule has 0 amide bonds. The van der Waals surface area contributed by atoms with E-state index in [4.69, 9.17) is 30.4 Å². The third-order valence-corrected chi connectivity index (χ3v) is 13.3. The van der Waals surface area contributed by atoms with Gasteiger partial charge in [-0.3, -0.25) is 10.1 Å². The van der Waals surface area contributed by atoms with Crippen molar-refractivity contribution in [1.82, 2.24) is 10.6 Å². The van der Waals surface area contributed by atoms with Crippen LogP contribution in [0.4, 0.5) is 0 Å². The molecule has 7 rings (SSSR count). The molecule has 0 aromatic rings. The maximum absolute atomic E-state index is 13.9. The molecular weight excluding hydrogens is 588 g/mol. The highest BCUT2D eigenvalue weighted by Gasteiger charge is 2.64. The van der Waals surface area contributed by atoms with Gasteiger partial charge >= 0.3 is 5.97 Å². The van der Waals surface area contributed by atoms with Crippen LogP contribution in [-0.2, 0) is 28.5 Å². The number of aliphatic hydroxyl groups is 1. The molecule has 260 valence electrons. The minimum atomic E-state index is -1.00. The van der Waals surface area contributed by atoms with Gasteiger partial charge in [-0.1, -0.05) is 12.8 Å². The van der Waals surface area contributed by atoms with Crippen LogP contribution in [0, 0.1) is 29.1 Å². The second-order valence-corrected chi connectivity index (χ2v) is 16.8. The topological polar surface area (TPSA) is 171 Å². The zero-order valence-electron chi connectivity index (χ0n) is 28.2. The van der Waals surface area contributed by atoms with Crippen molar-refractivity contribution in [1.29, 1.82) is 0 Å². The predicted molar refractivity (Wildman–Crippen MR) is 170 cm³/mol. The van der Waals surface area contributed by atoms with E-state index in [0.717, 1.165) is 51.5 Å². The highest BCUT2D eigenvalue weighted by molar-refractivity contribution is 5.84. The molecule has 46 heavy (non-hydrogen) atoms. The molecule has 7 fully saturated rings. The summed E-state index contributed by atoms with van der Waals surface area (Å²) in [6.07, 6.45) is 8.53. The molecule has 14 unspecified atom stereocenters. The van der Waals surface area contributed by atoms with E-state index in [0.29, 0.717) is 37.1 Å². The Morgan fingerprint density at radius 2 is 1.78 bits per heavy atom. The number of nitrogens with one attached hydrogen (secondary N) is 2. The van der Waals surface area contributed by atoms with Crippen LogP contribution in [0.2, 0.25) is 0 Å². The second kappa shape index (κ2) is 12.3. The SMILES string of the molecule is CC1CC(=O)C2C(CC3OC(C)(C)C(OC(=O)C4(C)OC4CC4(C5CC(N)NC(C6CCNC(N)C6)C5)CCCC4)CC3C2O)O1. The summed E-state index contributed by atoms with van der Waals surface area (Å²) >= 11 is 0. The van der Waals surface area contributed by atoms with Crippen molar-refractivity contribution in [2.45, 2.75) is 171 Å². The van der Waals surface area contributed by atoms with Crippen molar-refractivity contribution >= 4 is 11.8 Å². The summed E-state index contributed by atoms with van der Waals surface area (Å²) in [6, 6.07) is 0.359. The number of nitrogens with two attached hydrogens (primary N) is 2. The van der Waals surface area contributed by atoms with Crippen molar-refractivity contribution in [2.75, 3.05) is 6.54 Å². The Kier molecular flexibility index (Phi) is 8.91. The van der Waals surface area contributed by atoms with Gasteiger partial charge in [0.1, 0.15) is 11.9 Å². The molecule has 5 aliphatic heterocycles. The lowest BCUT2D eigenvalue weighted by Crippen LogP contribution is -2.63. The van der Waals surface area contributed by atoms with Gasteiger partial charge in [0.2, 0.25) is 0 Å². The van der Waals surface area contributed by atoms with E-state index in [1.807, 2.05) is 27.7 Å². The van der Waals surface area contributed by atoms with Crippen LogP contribution in [-0.4, -0.2) is 89.6 Å². The Bertz CT molecular complexity index is 1160. The standard InChI is InChI=1S/C35H58N4O7/c1-18-11-23(40)30-25(43-18)16-24-21(31(30)41)15-26(33(2,3)45-24)44-32(42)34(4)27(46-34)17-35(8-5-6-9-35)20-13-22(39-29(37)14-20)19-7-10-38-28(36)12-19/h18-22,24-31,38-39,41H,5-17,36-37H2,1-4H3. The van der Waals surface area contributed by atoms with Crippen molar-refractivity contribution < 1.29 is 33.6 Å². The maximum atomic E-state index is 13.9. The zero-order chi connectivity index (χ0) is 32.6. The zero-order valence-corrected chi connectivity index (χ0v) is 28.2. The molecule has 7 aliphatic rings. The quantitative estimate of drug-likeness (QED) is 0.212. The fraction of sp³-hybridized carbons (Fsp3) is 0.943. The lowest BCUT2D eigenvalue weighted by molar-refractivity contribution is -0.257. The highest BCUT2D eigenvalue weighted by atomic mass is 16.7. The number of ketones is 1. The van der Waals surface area contributed by atoms with E-state index in [9.17, 15) is 14.7 Å². The number of esters is 1. The molecule has 0 bridgehead atoms. The molecule has 2 saturated carbocycles. The van der Waals surface area contributed by atoms with Gasteiger partial charge < -0.3 is 40.8 Å². The summed E-state index contributed by atoms with van der Waals surface area (Å²) in [6.45, 7) is 8.61. The number of hydrogen-bond donors (Lipinski definition) is 5. The first kappa shape index (κ1) is 33.3. The highest BCUT2D eigenvalue weighted by Crippen LogP contribution is 2.57. The van der Waals surface area contributed by atoms with Crippen LogP contribution in [0.5, 0.6) is 0 Å². The van der Waals surface area contributed by atoms with Crippen LogP contribution in [0.15, 0.2) is 0 Å². The van der Waals surface area contributed by atoms with E-state index in [-0.39, 0.29) is 59.8 Å². The van der Waals surface area contributed by atoms with E-state index in [2.05, 4.69) is 10.6 Å². The van der Waals surface area contributed by atoms with Crippen molar-refractivity contribution in [3.05, 3.63) is 0 Å². The van der Waals surface area contributed by atoms with Gasteiger partial charge in [-0.15, -0.1) is 0 Å².